The molecule has 66 valence electrons. The van der Waals surface area contributed by atoms with Crippen LogP contribution in [0.1, 0.15) is 25.3 Å². The van der Waals surface area contributed by atoms with Crippen LogP contribution >= 0.6 is 0 Å². The van der Waals surface area contributed by atoms with Crippen LogP contribution in [0.5, 0.6) is 5.75 Å². The molecule has 1 aromatic carbocycles. The van der Waals surface area contributed by atoms with Crippen LogP contribution < -0.4 is 0 Å². The van der Waals surface area contributed by atoms with Gasteiger partial charge in [-0.25, -0.2) is 4.39 Å². The van der Waals surface area contributed by atoms with Gasteiger partial charge in [0.2, 0.25) is 0 Å². The number of phenols is 1. The number of aromatic hydroxyl groups is 1. The Kier molecular flexibility index (Phi) is 3.09. The van der Waals surface area contributed by atoms with Crippen molar-refractivity contribution in [2.75, 3.05) is 0 Å². The number of phenolic OH excluding ortho intramolecular Hbond substituents is 1. The second-order valence-electron chi connectivity index (χ2n) is 2.88. The van der Waals surface area contributed by atoms with Crippen molar-refractivity contribution < 1.29 is 9.50 Å². The molecular weight excluding hydrogens is 155 g/mol. The summed E-state index contributed by atoms with van der Waals surface area (Å²) in [5.41, 5.74) is 0.832. The van der Waals surface area contributed by atoms with Gasteiger partial charge in [0.15, 0.2) is 0 Å². The molecule has 1 N–H and O–H groups in total. The summed E-state index contributed by atoms with van der Waals surface area (Å²) in [7, 11) is 0. The van der Waals surface area contributed by atoms with E-state index in [0.29, 0.717) is 0 Å². The van der Waals surface area contributed by atoms with Crippen molar-refractivity contribution in [1.29, 1.82) is 0 Å². The molecule has 0 aromatic heterocycles. The van der Waals surface area contributed by atoms with Gasteiger partial charge in [-0.05, 0) is 24.5 Å². The van der Waals surface area contributed by atoms with Gasteiger partial charge < -0.3 is 5.11 Å². The molecule has 0 aliphatic rings. The SMILES string of the molecule is CCCCc1ccc(F)cc1O. The molecule has 0 bridgehead atoms. The van der Waals surface area contributed by atoms with Crippen molar-refractivity contribution in [3.8, 4) is 5.75 Å². The van der Waals surface area contributed by atoms with E-state index in [0.717, 1.165) is 30.9 Å². The highest BCUT2D eigenvalue weighted by Crippen LogP contribution is 2.19. The van der Waals surface area contributed by atoms with E-state index in [1.807, 2.05) is 0 Å². The van der Waals surface area contributed by atoms with E-state index in [4.69, 9.17) is 0 Å². The smallest absolute Gasteiger partial charge is 0.126 e. The Morgan fingerprint density at radius 2 is 2.17 bits per heavy atom. The molecule has 0 amide bonds. The fourth-order valence-electron chi connectivity index (χ4n) is 1.12. The fourth-order valence-corrected chi connectivity index (χ4v) is 1.12. The van der Waals surface area contributed by atoms with Crippen LogP contribution in [0.2, 0.25) is 0 Å². The van der Waals surface area contributed by atoms with Crippen LogP contribution in [0.15, 0.2) is 18.2 Å². The zero-order valence-electron chi connectivity index (χ0n) is 7.18. The average molecular weight is 168 g/mol. The zero-order chi connectivity index (χ0) is 8.97. The Balaban J connectivity index is 2.72. The lowest BCUT2D eigenvalue weighted by molar-refractivity contribution is 0.460. The van der Waals surface area contributed by atoms with Crippen molar-refractivity contribution in [2.24, 2.45) is 0 Å². The Hall–Kier alpha value is -1.05. The van der Waals surface area contributed by atoms with Gasteiger partial charge in [-0.2, -0.15) is 0 Å². The summed E-state index contributed by atoms with van der Waals surface area (Å²) >= 11 is 0. The second kappa shape index (κ2) is 4.10. The van der Waals surface area contributed by atoms with Crippen LogP contribution in [-0.2, 0) is 6.42 Å². The predicted molar refractivity (Wildman–Crippen MR) is 46.7 cm³/mol. The highest BCUT2D eigenvalue weighted by atomic mass is 19.1. The fraction of sp³-hybridized carbons (Fsp3) is 0.400. The molecule has 2 heteroatoms. The van der Waals surface area contributed by atoms with Gasteiger partial charge in [-0.15, -0.1) is 0 Å². The summed E-state index contributed by atoms with van der Waals surface area (Å²) < 4.78 is 12.5. The molecule has 0 spiro atoms. The summed E-state index contributed by atoms with van der Waals surface area (Å²) in [5, 5.41) is 9.28. The number of hydrogen-bond acceptors (Lipinski definition) is 1. The maximum absolute atomic E-state index is 12.5. The average Bonchev–Trinajstić information content (AvgIpc) is 2.03. The van der Waals surface area contributed by atoms with Gasteiger partial charge in [0.05, 0.1) is 0 Å². The Bertz CT molecular complexity index is 258. The molecule has 0 atom stereocenters. The quantitative estimate of drug-likeness (QED) is 0.735. The molecule has 0 radical (unpaired) electrons. The topological polar surface area (TPSA) is 20.2 Å². The van der Waals surface area contributed by atoms with Gasteiger partial charge in [0.25, 0.3) is 0 Å². The van der Waals surface area contributed by atoms with E-state index in [-0.39, 0.29) is 11.6 Å². The minimum atomic E-state index is -0.382. The van der Waals surface area contributed by atoms with Crippen LogP contribution in [-0.4, -0.2) is 5.11 Å². The largest absolute Gasteiger partial charge is 0.508 e. The predicted octanol–water partition coefficient (Wildman–Crippen LogP) is 2.87. The van der Waals surface area contributed by atoms with Crippen molar-refractivity contribution in [3.63, 3.8) is 0 Å². The van der Waals surface area contributed by atoms with Gasteiger partial charge in [-0.3, -0.25) is 0 Å². The second-order valence-corrected chi connectivity index (χ2v) is 2.88. The van der Waals surface area contributed by atoms with E-state index >= 15 is 0 Å². The first-order chi connectivity index (χ1) is 5.74. The molecule has 1 rings (SSSR count). The first-order valence-corrected chi connectivity index (χ1v) is 4.21. The molecule has 0 aliphatic heterocycles. The number of hydrogen-bond donors (Lipinski definition) is 1. The zero-order valence-corrected chi connectivity index (χ0v) is 7.18. The Labute approximate surface area is 71.9 Å². The monoisotopic (exact) mass is 168 g/mol. The number of benzene rings is 1. The normalized spacial score (nSPS) is 10.2. The van der Waals surface area contributed by atoms with Crippen LogP contribution in [0.4, 0.5) is 4.39 Å². The maximum atomic E-state index is 12.5. The van der Waals surface area contributed by atoms with Crippen LogP contribution in [0, 0.1) is 5.82 Å². The summed E-state index contributed by atoms with van der Waals surface area (Å²) in [6.07, 6.45) is 2.93. The van der Waals surface area contributed by atoms with Crippen molar-refractivity contribution in [1.82, 2.24) is 0 Å². The molecule has 0 heterocycles. The lowest BCUT2D eigenvalue weighted by Crippen LogP contribution is -1.86. The van der Waals surface area contributed by atoms with E-state index < -0.39 is 0 Å². The van der Waals surface area contributed by atoms with Gasteiger partial charge in [-0.1, -0.05) is 19.4 Å². The van der Waals surface area contributed by atoms with E-state index in [9.17, 15) is 9.50 Å². The molecule has 0 fully saturated rings. The summed E-state index contributed by atoms with van der Waals surface area (Å²) in [5.74, 6) is -0.309. The third-order valence-electron chi connectivity index (χ3n) is 1.85. The highest BCUT2D eigenvalue weighted by Gasteiger charge is 2.00. The summed E-state index contributed by atoms with van der Waals surface area (Å²) in [4.78, 5) is 0. The summed E-state index contributed by atoms with van der Waals surface area (Å²) in [6, 6.07) is 4.18. The standard InChI is InChI=1S/C10H13FO/c1-2-3-4-8-5-6-9(11)7-10(8)12/h5-7,12H,2-4H2,1H3. The third kappa shape index (κ3) is 2.22. The van der Waals surface area contributed by atoms with E-state index in [1.165, 1.54) is 6.07 Å². The van der Waals surface area contributed by atoms with Gasteiger partial charge >= 0.3 is 0 Å². The van der Waals surface area contributed by atoms with E-state index in [2.05, 4.69) is 6.92 Å². The first-order valence-electron chi connectivity index (χ1n) is 4.21. The lowest BCUT2D eigenvalue weighted by Gasteiger charge is -2.02. The first kappa shape index (κ1) is 9.04. The van der Waals surface area contributed by atoms with Gasteiger partial charge in [0.1, 0.15) is 11.6 Å². The molecule has 1 aromatic rings. The molecule has 1 nitrogen and oxygen atoms in total. The minimum Gasteiger partial charge on any atom is -0.508 e. The molecule has 0 saturated carbocycles. The number of halogens is 1. The molecule has 0 aliphatic carbocycles. The van der Waals surface area contributed by atoms with E-state index in [1.54, 1.807) is 6.07 Å². The third-order valence-corrected chi connectivity index (χ3v) is 1.85. The Morgan fingerprint density at radius 1 is 1.42 bits per heavy atom. The lowest BCUT2D eigenvalue weighted by atomic mass is 10.1. The van der Waals surface area contributed by atoms with Crippen molar-refractivity contribution >= 4 is 0 Å². The number of unbranched alkanes of at least 4 members (excludes halogenated alkanes) is 1. The minimum absolute atomic E-state index is 0.0726. The molecule has 0 unspecified atom stereocenters. The molecular formula is C10H13FO. The van der Waals surface area contributed by atoms with Crippen molar-refractivity contribution in [3.05, 3.63) is 29.6 Å². The molecule has 0 saturated heterocycles. The van der Waals surface area contributed by atoms with Crippen molar-refractivity contribution in [2.45, 2.75) is 26.2 Å². The van der Waals surface area contributed by atoms with Gasteiger partial charge in [0, 0.05) is 6.07 Å². The summed E-state index contributed by atoms with van der Waals surface area (Å²) in [6.45, 7) is 2.08. The number of rotatable bonds is 3. The molecule has 12 heavy (non-hydrogen) atoms. The maximum Gasteiger partial charge on any atom is 0.126 e. The van der Waals surface area contributed by atoms with Crippen LogP contribution in [0.25, 0.3) is 0 Å². The Morgan fingerprint density at radius 3 is 2.75 bits per heavy atom. The highest BCUT2D eigenvalue weighted by molar-refractivity contribution is 5.32. The van der Waals surface area contributed by atoms with Crippen LogP contribution in [0.3, 0.4) is 0 Å². The number of aryl methyl sites for hydroxylation is 1.